The number of hydrogen-bond acceptors (Lipinski definition) is 3. The molecule has 0 aromatic heterocycles. The number of hydrogen-bond donors (Lipinski definition) is 2. The number of nitrogen functional groups attached to an aromatic ring is 1. The van der Waals surface area contributed by atoms with Crippen LogP contribution in [0.2, 0.25) is 0 Å². The van der Waals surface area contributed by atoms with E-state index in [1.54, 1.807) is 0 Å². The molecule has 2 aliphatic heterocycles. The number of fused-ring (bicyclic) bond motifs is 3. The number of benzene rings is 1. The molecule has 0 saturated carbocycles. The second-order valence-electron chi connectivity index (χ2n) is 5.89. The summed E-state index contributed by atoms with van der Waals surface area (Å²) in [7, 11) is 2.24. The van der Waals surface area contributed by atoms with Crippen LogP contribution in [-0.4, -0.2) is 36.9 Å². The highest BCUT2D eigenvalue weighted by Gasteiger charge is 2.51. The Labute approximate surface area is 108 Å². The second-order valence-corrected chi connectivity index (χ2v) is 5.89. The second kappa shape index (κ2) is 3.87. The van der Waals surface area contributed by atoms with E-state index in [0.29, 0.717) is 5.92 Å². The van der Waals surface area contributed by atoms with Gasteiger partial charge in [0.15, 0.2) is 0 Å². The summed E-state index contributed by atoms with van der Waals surface area (Å²) >= 11 is 0. The Kier molecular flexibility index (Phi) is 2.54. The van der Waals surface area contributed by atoms with E-state index in [9.17, 15) is 0 Å². The summed E-state index contributed by atoms with van der Waals surface area (Å²) in [4.78, 5) is 0. The maximum Gasteiger partial charge on any atom is 0.240 e. The van der Waals surface area contributed by atoms with Gasteiger partial charge in [-0.3, -0.25) is 4.48 Å². The molecule has 0 bridgehead atoms. The van der Waals surface area contributed by atoms with E-state index in [1.807, 2.05) is 12.1 Å². The van der Waals surface area contributed by atoms with Crippen LogP contribution in [0.3, 0.4) is 0 Å². The fraction of sp³-hybridized carbons (Fsp3) is 0.571. The fourth-order valence-electron chi connectivity index (χ4n) is 3.48. The normalized spacial score (nSPS) is 37.8. The van der Waals surface area contributed by atoms with Crippen LogP contribution in [0.4, 0.5) is 5.69 Å². The number of ether oxygens (including phenoxy) is 1. The summed E-state index contributed by atoms with van der Waals surface area (Å²) in [6.45, 7) is 4.23. The first-order chi connectivity index (χ1) is 8.53. The van der Waals surface area contributed by atoms with Crippen LogP contribution >= 0.6 is 0 Å². The zero-order valence-corrected chi connectivity index (χ0v) is 11.1. The van der Waals surface area contributed by atoms with Gasteiger partial charge in [0.05, 0.1) is 32.1 Å². The Morgan fingerprint density at radius 1 is 1.44 bits per heavy atom. The first-order valence-electron chi connectivity index (χ1n) is 6.69. The number of piperidine rings is 1. The fourth-order valence-corrected chi connectivity index (χ4v) is 3.48. The summed E-state index contributed by atoms with van der Waals surface area (Å²) < 4.78 is 7.07. The predicted octanol–water partition coefficient (Wildman–Crippen LogP) is 1.27. The number of nitrogens with zero attached hydrogens (tertiary/aromatic N) is 1. The van der Waals surface area contributed by atoms with Gasteiger partial charge in [-0.2, -0.15) is 0 Å². The smallest absolute Gasteiger partial charge is 0.240 e. The van der Waals surface area contributed by atoms with Crippen molar-refractivity contribution in [1.29, 1.82) is 0 Å². The van der Waals surface area contributed by atoms with E-state index in [4.69, 9.17) is 16.2 Å². The molecular formula is C14H22N3O+. The lowest BCUT2D eigenvalue weighted by Crippen LogP contribution is -2.63. The molecule has 4 nitrogen and oxygen atoms in total. The van der Waals surface area contributed by atoms with Crippen molar-refractivity contribution in [3.63, 3.8) is 0 Å². The maximum absolute atomic E-state index is 6.23. The van der Waals surface area contributed by atoms with Gasteiger partial charge in [-0.05, 0) is 31.5 Å². The lowest BCUT2D eigenvalue weighted by atomic mass is 9.86. The molecule has 1 aromatic carbocycles. The molecule has 4 N–H and O–H groups in total. The summed E-state index contributed by atoms with van der Waals surface area (Å²) in [5.74, 6) is 1.38. The minimum absolute atomic E-state index is 0.201. The zero-order valence-electron chi connectivity index (χ0n) is 11.1. The molecule has 3 rings (SSSR count). The Morgan fingerprint density at radius 2 is 2.22 bits per heavy atom. The molecule has 0 aliphatic carbocycles. The van der Waals surface area contributed by atoms with Crippen molar-refractivity contribution in [2.75, 3.05) is 25.9 Å². The first kappa shape index (κ1) is 11.8. The molecule has 2 aliphatic rings. The SMILES string of the molecule is CC[N+]1(C)CC(N)CC2c3cc(N)ccc3OC21. The van der Waals surface area contributed by atoms with Crippen molar-refractivity contribution in [2.45, 2.75) is 31.5 Å². The van der Waals surface area contributed by atoms with Gasteiger partial charge in [-0.25, -0.2) is 0 Å². The Balaban J connectivity index is 2.02. The largest absolute Gasteiger partial charge is 0.442 e. The molecule has 2 heterocycles. The number of rotatable bonds is 1. The quantitative estimate of drug-likeness (QED) is 0.581. The number of anilines is 1. The van der Waals surface area contributed by atoms with Crippen molar-refractivity contribution >= 4 is 5.69 Å². The summed E-state index contributed by atoms with van der Waals surface area (Å²) in [5, 5.41) is 0. The van der Waals surface area contributed by atoms with Crippen molar-refractivity contribution in [3.8, 4) is 5.75 Å². The van der Waals surface area contributed by atoms with Crippen molar-refractivity contribution in [1.82, 2.24) is 0 Å². The summed E-state index contributed by atoms with van der Waals surface area (Å²) in [6.07, 6.45) is 1.20. The van der Waals surface area contributed by atoms with Crippen molar-refractivity contribution in [2.24, 2.45) is 5.73 Å². The van der Waals surface area contributed by atoms with Gasteiger partial charge in [-0.15, -0.1) is 0 Å². The third-order valence-corrected chi connectivity index (χ3v) is 4.57. The van der Waals surface area contributed by atoms with E-state index in [2.05, 4.69) is 20.0 Å². The first-order valence-corrected chi connectivity index (χ1v) is 6.69. The minimum Gasteiger partial charge on any atom is -0.442 e. The minimum atomic E-state index is 0.201. The van der Waals surface area contributed by atoms with Crippen molar-refractivity contribution < 1.29 is 9.22 Å². The molecule has 1 fully saturated rings. The van der Waals surface area contributed by atoms with E-state index < -0.39 is 0 Å². The third kappa shape index (κ3) is 1.60. The Hall–Kier alpha value is -1.26. The average molecular weight is 248 g/mol. The van der Waals surface area contributed by atoms with Gasteiger partial charge in [0.1, 0.15) is 5.75 Å². The number of nitrogens with two attached hydrogens (primary N) is 2. The standard InChI is InChI=1S/C14H22N3O/c1-3-17(2)8-10(16)7-12-11-6-9(15)4-5-13(11)18-14(12)17/h4-6,10,12,14H,3,7-8,15-16H2,1-2H3/q+1. The topological polar surface area (TPSA) is 61.3 Å². The highest BCUT2D eigenvalue weighted by atomic mass is 16.5. The highest BCUT2D eigenvalue weighted by Crippen LogP contribution is 2.46. The number of quaternary nitrogens is 1. The molecular weight excluding hydrogens is 226 g/mol. The number of likely N-dealkylation sites (tertiary alicyclic amines) is 1. The van der Waals surface area contributed by atoms with E-state index in [-0.39, 0.29) is 12.3 Å². The van der Waals surface area contributed by atoms with E-state index in [0.717, 1.165) is 35.4 Å². The monoisotopic (exact) mass is 248 g/mol. The van der Waals surface area contributed by atoms with E-state index in [1.165, 1.54) is 5.56 Å². The predicted molar refractivity (Wildman–Crippen MR) is 72.2 cm³/mol. The number of likely N-dealkylation sites (N-methyl/N-ethyl adjacent to an activating group) is 1. The van der Waals surface area contributed by atoms with Crippen molar-refractivity contribution in [3.05, 3.63) is 23.8 Å². The molecule has 1 aromatic rings. The van der Waals surface area contributed by atoms with E-state index >= 15 is 0 Å². The molecule has 1 saturated heterocycles. The lowest BCUT2D eigenvalue weighted by Gasteiger charge is -2.46. The molecule has 4 unspecified atom stereocenters. The van der Waals surface area contributed by atoms with Gasteiger partial charge in [0.2, 0.25) is 6.23 Å². The van der Waals surface area contributed by atoms with Crippen LogP contribution in [0.1, 0.15) is 24.8 Å². The van der Waals surface area contributed by atoms with Crippen LogP contribution in [0, 0.1) is 0 Å². The van der Waals surface area contributed by atoms with Gasteiger partial charge >= 0.3 is 0 Å². The molecule has 18 heavy (non-hydrogen) atoms. The average Bonchev–Trinajstić information content (AvgIpc) is 2.68. The summed E-state index contributed by atoms with van der Waals surface area (Å²) in [5.41, 5.74) is 14.2. The molecule has 4 atom stereocenters. The Morgan fingerprint density at radius 3 is 2.94 bits per heavy atom. The summed E-state index contributed by atoms with van der Waals surface area (Å²) in [6, 6.07) is 6.20. The zero-order chi connectivity index (χ0) is 12.9. The van der Waals surface area contributed by atoms with Crippen LogP contribution in [-0.2, 0) is 0 Å². The van der Waals surface area contributed by atoms with Crippen LogP contribution in [0.5, 0.6) is 5.75 Å². The molecule has 0 radical (unpaired) electrons. The highest BCUT2D eigenvalue weighted by molar-refractivity contribution is 5.51. The van der Waals surface area contributed by atoms with Crippen LogP contribution in [0.15, 0.2) is 18.2 Å². The molecule has 4 heteroatoms. The molecule has 0 spiro atoms. The van der Waals surface area contributed by atoms with Gasteiger partial charge in [0, 0.05) is 11.3 Å². The maximum atomic E-state index is 6.23. The third-order valence-electron chi connectivity index (χ3n) is 4.57. The lowest BCUT2D eigenvalue weighted by molar-refractivity contribution is -0.955. The van der Waals surface area contributed by atoms with Crippen LogP contribution in [0.25, 0.3) is 0 Å². The molecule has 98 valence electrons. The van der Waals surface area contributed by atoms with Crippen LogP contribution < -0.4 is 16.2 Å². The Bertz CT molecular complexity index is 476. The van der Waals surface area contributed by atoms with Gasteiger partial charge < -0.3 is 16.2 Å². The van der Waals surface area contributed by atoms with Gasteiger partial charge in [0.25, 0.3) is 0 Å². The molecule has 0 amide bonds. The van der Waals surface area contributed by atoms with Gasteiger partial charge in [-0.1, -0.05) is 0 Å².